The van der Waals surface area contributed by atoms with Gasteiger partial charge in [-0.25, -0.2) is 4.98 Å². The van der Waals surface area contributed by atoms with Crippen LogP contribution in [0.5, 0.6) is 0 Å². The van der Waals surface area contributed by atoms with Crippen LogP contribution in [0.3, 0.4) is 0 Å². The van der Waals surface area contributed by atoms with Gasteiger partial charge >= 0.3 is 0 Å². The number of hydrogen-bond acceptors (Lipinski definition) is 7. The highest BCUT2D eigenvalue weighted by Gasteiger charge is 2.28. The van der Waals surface area contributed by atoms with Crippen molar-refractivity contribution in [3.8, 4) is 0 Å². The van der Waals surface area contributed by atoms with Crippen LogP contribution in [0.15, 0.2) is 35.1 Å². The number of nitrogens with zero attached hydrogens (tertiary/aromatic N) is 5. The van der Waals surface area contributed by atoms with Gasteiger partial charge in [0.2, 0.25) is 5.91 Å². The van der Waals surface area contributed by atoms with Crippen LogP contribution in [-0.4, -0.2) is 52.1 Å². The Morgan fingerprint density at radius 2 is 1.91 bits per heavy atom. The zero-order valence-electron chi connectivity index (χ0n) is 19.5. The Hall–Kier alpha value is -3.00. The molecule has 0 spiro atoms. The van der Waals surface area contributed by atoms with Crippen molar-refractivity contribution in [3.63, 3.8) is 0 Å². The third-order valence-corrected chi connectivity index (χ3v) is 7.02. The minimum atomic E-state index is -0.0982. The fourth-order valence-corrected chi connectivity index (χ4v) is 4.94. The van der Waals surface area contributed by atoms with Crippen LogP contribution in [0.4, 0.5) is 11.5 Å². The Morgan fingerprint density at radius 3 is 2.70 bits per heavy atom. The van der Waals surface area contributed by atoms with Crippen LogP contribution >= 0.6 is 0 Å². The first-order chi connectivity index (χ1) is 16.1. The maximum Gasteiger partial charge on any atom is 0.263 e. The van der Waals surface area contributed by atoms with Gasteiger partial charge in [0.1, 0.15) is 17.5 Å². The van der Waals surface area contributed by atoms with Gasteiger partial charge in [-0.05, 0) is 69.3 Å². The minimum Gasteiger partial charge on any atom is -0.355 e. The summed E-state index contributed by atoms with van der Waals surface area (Å²) in [5, 5.41) is 7.97. The number of carbonyl (C=O) groups is 1. The van der Waals surface area contributed by atoms with Gasteiger partial charge in [0.25, 0.3) is 5.71 Å². The van der Waals surface area contributed by atoms with E-state index in [0.29, 0.717) is 12.3 Å². The first-order valence-corrected chi connectivity index (χ1v) is 12.0. The van der Waals surface area contributed by atoms with E-state index in [9.17, 15) is 4.79 Å². The van der Waals surface area contributed by atoms with Crippen LogP contribution in [0.2, 0.25) is 0 Å². The number of likely N-dealkylation sites (tertiary alicyclic amines) is 1. The normalized spacial score (nSPS) is 20.3. The summed E-state index contributed by atoms with van der Waals surface area (Å²) in [5.41, 5.74) is 3.41. The van der Waals surface area contributed by atoms with Crippen molar-refractivity contribution < 1.29 is 9.32 Å². The number of nitrogens with one attached hydrogen (secondary N) is 1. The molecule has 4 heterocycles. The van der Waals surface area contributed by atoms with Crippen LogP contribution in [0.25, 0.3) is 11.1 Å². The van der Waals surface area contributed by atoms with Gasteiger partial charge in [-0.1, -0.05) is 24.2 Å². The Bertz CT molecular complexity index is 1100. The molecule has 5 rings (SSSR count). The molecule has 2 aliphatic rings. The number of benzene rings is 1. The molecule has 8 nitrogen and oxygen atoms in total. The molecule has 2 aromatic heterocycles. The fourth-order valence-electron chi connectivity index (χ4n) is 4.94. The summed E-state index contributed by atoms with van der Waals surface area (Å²) in [6.45, 7) is 9.02. The van der Waals surface area contributed by atoms with Crippen LogP contribution < -0.4 is 10.2 Å². The number of fused-ring (bicyclic) bond motifs is 1. The molecular formula is C25H32N6O2. The number of rotatable bonds is 5. The van der Waals surface area contributed by atoms with Crippen molar-refractivity contribution in [2.24, 2.45) is 11.8 Å². The minimum absolute atomic E-state index is 0.0600. The SMILES string of the molecule is Cc1noc2ncnc(N3CCC[C@@H](C(=O)Nc4ccc(CN5CCC(C)CC5)cc4)C3)c12. The Balaban J connectivity index is 1.20. The summed E-state index contributed by atoms with van der Waals surface area (Å²) in [5.74, 6) is 1.60. The van der Waals surface area contributed by atoms with E-state index in [1.54, 1.807) is 0 Å². The average Bonchev–Trinajstić information content (AvgIpc) is 3.23. The van der Waals surface area contributed by atoms with Gasteiger partial charge in [0.05, 0.1) is 11.6 Å². The molecule has 1 atom stereocenters. The summed E-state index contributed by atoms with van der Waals surface area (Å²) < 4.78 is 5.29. The summed E-state index contributed by atoms with van der Waals surface area (Å²) in [7, 11) is 0. The van der Waals surface area contributed by atoms with Crippen LogP contribution in [0, 0.1) is 18.8 Å². The molecule has 2 aliphatic heterocycles. The zero-order valence-corrected chi connectivity index (χ0v) is 19.5. The molecule has 33 heavy (non-hydrogen) atoms. The molecule has 1 amide bonds. The number of piperidine rings is 2. The second kappa shape index (κ2) is 9.47. The predicted molar refractivity (Wildman–Crippen MR) is 128 cm³/mol. The summed E-state index contributed by atoms with van der Waals surface area (Å²) in [6, 6.07) is 8.31. The Kier molecular flexibility index (Phi) is 6.26. The maximum absolute atomic E-state index is 13.0. The van der Waals surface area contributed by atoms with Gasteiger partial charge in [0.15, 0.2) is 0 Å². The first-order valence-electron chi connectivity index (χ1n) is 12.0. The van der Waals surface area contributed by atoms with Gasteiger partial charge in [-0.2, -0.15) is 4.98 Å². The molecule has 1 N–H and O–H groups in total. The topological polar surface area (TPSA) is 87.4 Å². The molecule has 0 unspecified atom stereocenters. The number of carbonyl (C=O) groups excluding carboxylic acids is 1. The van der Waals surface area contributed by atoms with Crippen LogP contribution in [-0.2, 0) is 11.3 Å². The second-order valence-electron chi connectivity index (χ2n) is 9.58. The van der Waals surface area contributed by atoms with Gasteiger partial charge < -0.3 is 14.7 Å². The molecule has 2 saturated heterocycles. The number of aryl methyl sites for hydroxylation is 1. The third-order valence-electron chi connectivity index (χ3n) is 7.02. The second-order valence-corrected chi connectivity index (χ2v) is 9.58. The fraction of sp³-hybridized carbons (Fsp3) is 0.520. The highest BCUT2D eigenvalue weighted by Crippen LogP contribution is 2.30. The Morgan fingerprint density at radius 1 is 1.12 bits per heavy atom. The molecule has 0 radical (unpaired) electrons. The average molecular weight is 449 g/mol. The molecular weight excluding hydrogens is 416 g/mol. The smallest absolute Gasteiger partial charge is 0.263 e. The van der Waals surface area contributed by atoms with Crippen molar-refractivity contribution in [2.75, 3.05) is 36.4 Å². The highest BCUT2D eigenvalue weighted by molar-refractivity contribution is 5.93. The van der Waals surface area contributed by atoms with E-state index in [-0.39, 0.29) is 11.8 Å². The van der Waals surface area contributed by atoms with Gasteiger partial charge in [0, 0.05) is 25.3 Å². The lowest BCUT2D eigenvalue weighted by Crippen LogP contribution is -2.41. The zero-order chi connectivity index (χ0) is 22.8. The molecule has 8 heteroatoms. The molecule has 1 aromatic carbocycles. The number of anilines is 2. The number of amides is 1. The lowest BCUT2D eigenvalue weighted by molar-refractivity contribution is -0.120. The standard InChI is InChI=1S/C25H32N6O2/c1-17-9-12-30(13-10-17)14-19-5-7-21(8-6-19)28-24(32)20-4-3-11-31(15-20)23-22-18(2)29-33-25(22)27-16-26-23/h5-8,16-17,20H,3-4,9-15H2,1-2H3,(H,28,32)/t20-/m1/s1. The van der Waals surface area contributed by atoms with E-state index in [2.05, 4.69) is 49.3 Å². The van der Waals surface area contributed by atoms with Crippen molar-refractivity contribution in [1.29, 1.82) is 0 Å². The largest absolute Gasteiger partial charge is 0.355 e. The molecule has 2 fully saturated rings. The van der Waals surface area contributed by atoms with E-state index in [1.165, 1.54) is 37.8 Å². The molecule has 0 saturated carbocycles. The van der Waals surface area contributed by atoms with E-state index >= 15 is 0 Å². The van der Waals surface area contributed by atoms with Gasteiger partial charge in [-0.15, -0.1) is 0 Å². The summed E-state index contributed by atoms with van der Waals surface area (Å²) in [6.07, 6.45) is 5.86. The Labute approximate surface area is 194 Å². The molecule has 3 aromatic rings. The third kappa shape index (κ3) is 4.85. The van der Waals surface area contributed by atoms with Crippen molar-refractivity contribution in [2.45, 2.75) is 46.1 Å². The van der Waals surface area contributed by atoms with E-state index in [1.807, 2.05) is 19.1 Å². The summed E-state index contributed by atoms with van der Waals surface area (Å²) in [4.78, 5) is 26.4. The lowest BCUT2D eigenvalue weighted by atomic mass is 9.96. The van der Waals surface area contributed by atoms with E-state index in [4.69, 9.17) is 4.52 Å². The van der Waals surface area contributed by atoms with Gasteiger partial charge in [-0.3, -0.25) is 9.69 Å². The van der Waals surface area contributed by atoms with E-state index < -0.39 is 0 Å². The first kappa shape index (κ1) is 21.8. The summed E-state index contributed by atoms with van der Waals surface area (Å²) >= 11 is 0. The molecule has 0 aliphatic carbocycles. The lowest BCUT2D eigenvalue weighted by Gasteiger charge is -2.33. The molecule has 174 valence electrons. The maximum atomic E-state index is 13.0. The quantitative estimate of drug-likeness (QED) is 0.631. The molecule has 0 bridgehead atoms. The monoisotopic (exact) mass is 448 g/mol. The van der Waals surface area contributed by atoms with Crippen molar-refractivity contribution >= 4 is 28.5 Å². The number of hydrogen-bond donors (Lipinski definition) is 1. The van der Waals surface area contributed by atoms with E-state index in [0.717, 1.165) is 54.4 Å². The highest BCUT2D eigenvalue weighted by atomic mass is 16.5. The van der Waals surface area contributed by atoms with Crippen molar-refractivity contribution in [3.05, 3.63) is 41.9 Å². The predicted octanol–water partition coefficient (Wildman–Crippen LogP) is 4.01. The number of aromatic nitrogens is 3. The van der Waals surface area contributed by atoms with Crippen LogP contribution in [0.1, 0.15) is 43.9 Å². The van der Waals surface area contributed by atoms with Crippen molar-refractivity contribution in [1.82, 2.24) is 20.0 Å².